The standard InChI is InChI=1S/C15H16FNO2S2/c1-21(18,19)14-6-4-13(5-7-14)20-10-12-3-2-11(9-17)8-15(12)16/h2-8H,9-10,17H2,1H3. The average molecular weight is 325 g/mol. The molecular formula is C15H16FNO2S2. The molecular weight excluding hydrogens is 309 g/mol. The topological polar surface area (TPSA) is 60.2 Å². The Bertz CT molecular complexity index is 728. The zero-order valence-corrected chi connectivity index (χ0v) is 13.2. The van der Waals surface area contributed by atoms with E-state index >= 15 is 0 Å². The van der Waals surface area contributed by atoms with Gasteiger partial charge in [-0.3, -0.25) is 0 Å². The monoisotopic (exact) mass is 325 g/mol. The molecule has 0 amide bonds. The van der Waals surface area contributed by atoms with Gasteiger partial charge in [-0.2, -0.15) is 0 Å². The molecule has 3 nitrogen and oxygen atoms in total. The molecule has 0 aliphatic carbocycles. The lowest BCUT2D eigenvalue weighted by molar-refractivity contribution is 0.602. The molecule has 0 aromatic heterocycles. The van der Waals surface area contributed by atoms with Crippen molar-refractivity contribution < 1.29 is 12.8 Å². The van der Waals surface area contributed by atoms with Crippen molar-refractivity contribution in [1.29, 1.82) is 0 Å². The first-order valence-corrected chi connectivity index (χ1v) is 9.18. The van der Waals surface area contributed by atoms with Crippen molar-refractivity contribution in [3.05, 3.63) is 59.4 Å². The molecule has 6 heteroatoms. The fraction of sp³-hybridized carbons (Fsp3) is 0.200. The summed E-state index contributed by atoms with van der Waals surface area (Å²) < 4.78 is 36.5. The smallest absolute Gasteiger partial charge is 0.175 e. The highest BCUT2D eigenvalue weighted by Crippen LogP contribution is 2.25. The first-order valence-electron chi connectivity index (χ1n) is 6.30. The van der Waals surface area contributed by atoms with Crippen LogP contribution in [-0.4, -0.2) is 14.7 Å². The van der Waals surface area contributed by atoms with Crippen molar-refractivity contribution in [2.75, 3.05) is 6.26 Å². The number of nitrogens with two attached hydrogens (primary N) is 1. The van der Waals surface area contributed by atoms with Crippen molar-refractivity contribution in [1.82, 2.24) is 0 Å². The molecule has 2 aromatic carbocycles. The molecule has 0 saturated carbocycles. The van der Waals surface area contributed by atoms with E-state index in [0.717, 1.165) is 10.5 Å². The Morgan fingerprint density at radius 3 is 2.33 bits per heavy atom. The molecule has 0 heterocycles. The lowest BCUT2D eigenvalue weighted by Crippen LogP contribution is -1.98. The number of benzene rings is 2. The number of rotatable bonds is 5. The summed E-state index contributed by atoms with van der Waals surface area (Å²) in [6.45, 7) is 0.317. The van der Waals surface area contributed by atoms with E-state index in [1.54, 1.807) is 30.3 Å². The Labute approximate surface area is 128 Å². The summed E-state index contributed by atoms with van der Waals surface area (Å²) in [5.74, 6) is 0.216. The third-order valence-corrected chi connectivity index (χ3v) is 5.19. The van der Waals surface area contributed by atoms with Crippen LogP contribution in [0.5, 0.6) is 0 Å². The number of hydrogen-bond acceptors (Lipinski definition) is 4. The van der Waals surface area contributed by atoms with Crippen molar-refractivity contribution in [3.63, 3.8) is 0 Å². The van der Waals surface area contributed by atoms with E-state index in [1.807, 2.05) is 6.07 Å². The second kappa shape index (κ2) is 6.60. The molecule has 0 spiro atoms. The van der Waals surface area contributed by atoms with Crippen LogP contribution >= 0.6 is 11.8 Å². The van der Waals surface area contributed by atoms with Crippen molar-refractivity contribution >= 4 is 21.6 Å². The maximum absolute atomic E-state index is 13.8. The number of halogens is 1. The minimum absolute atomic E-state index is 0.266. The van der Waals surface area contributed by atoms with E-state index in [2.05, 4.69) is 0 Å². The Balaban J connectivity index is 2.06. The summed E-state index contributed by atoms with van der Waals surface area (Å²) in [7, 11) is -3.18. The highest BCUT2D eigenvalue weighted by Gasteiger charge is 2.07. The zero-order chi connectivity index (χ0) is 15.5. The summed E-state index contributed by atoms with van der Waals surface area (Å²) in [6, 6.07) is 11.6. The molecule has 0 saturated heterocycles. The van der Waals surface area contributed by atoms with Crippen LogP contribution < -0.4 is 5.73 Å². The van der Waals surface area contributed by atoms with Crippen LogP contribution in [-0.2, 0) is 22.1 Å². The number of thioether (sulfide) groups is 1. The van der Waals surface area contributed by atoms with Crippen molar-refractivity contribution in [3.8, 4) is 0 Å². The fourth-order valence-electron chi connectivity index (χ4n) is 1.78. The molecule has 0 aliphatic heterocycles. The summed E-state index contributed by atoms with van der Waals surface area (Å²) in [4.78, 5) is 1.18. The SMILES string of the molecule is CS(=O)(=O)c1ccc(SCc2ccc(CN)cc2F)cc1. The molecule has 2 aromatic rings. The highest BCUT2D eigenvalue weighted by molar-refractivity contribution is 7.98. The average Bonchev–Trinajstić information content (AvgIpc) is 2.45. The predicted molar refractivity (Wildman–Crippen MR) is 83.4 cm³/mol. The second-order valence-electron chi connectivity index (χ2n) is 4.66. The van der Waals surface area contributed by atoms with E-state index in [-0.39, 0.29) is 10.7 Å². The van der Waals surface area contributed by atoms with Gasteiger partial charge in [-0.15, -0.1) is 11.8 Å². The zero-order valence-electron chi connectivity index (χ0n) is 11.5. The van der Waals surface area contributed by atoms with Gasteiger partial charge in [0.25, 0.3) is 0 Å². The van der Waals surface area contributed by atoms with E-state index in [1.165, 1.54) is 24.1 Å². The maximum Gasteiger partial charge on any atom is 0.175 e. The van der Waals surface area contributed by atoms with E-state index < -0.39 is 9.84 Å². The molecule has 21 heavy (non-hydrogen) atoms. The van der Waals surface area contributed by atoms with Gasteiger partial charge < -0.3 is 5.73 Å². The van der Waals surface area contributed by atoms with Gasteiger partial charge in [0, 0.05) is 23.4 Å². The highest BCUT2D eigenvalue weighted by atomic mass is 32.2. The fourth-order valence-corrected chi connectivity index (χ4v) is 3.29. The molecule has 0 bridgehead atoms. The molecule has 0 fully saturated rings. The lowest BCUT2D eigenvalue weighted by Gasteiger charge is -2.06. The predicted octanol–water partition coefficient (Wildman–Crippen LogP) is 2.98. The van der Waals surface area contributed by atoms with Gasteiger partial charge in [0.15, 0.2) is 9.84 Å². The first kappa shape index (κ1) is 16.0. The van der Waals surface area contributed by atoms with Crippen molar-refractivity contribution in [2.45, 2.75) is 22.1 Å². The van der Waals surface area contributed by atoms with Gasteiger partial charge in [0.1, 0.15) is 5.82 Å². The second-order valence-corrected chi connectivity index (χ2v) is 7.73. The first-order chi connectivity index (χ1) is 9.90. The van der Waals surface area contributed by atoms with Crippen LogP contribution in [0.4, 0.5) is 4.39 Å². The largest absolute Gasteiger partial charge is 0.326 e. The third-order valence-electron chi connectivity index (χ3n) is 3.00. The molecule has 0 atom stereocenters. The number of hydrogen-bond donors (Lipinski definition) is 1. The normalized spacial score (nSPS) is 11.6. The Hall–Kier alpha value is -1.37. The van der Waals surface area contributed by atoms with E-state index in [9.17, 15) is 12.8 Å². The summed E-state index contributed by atoms with van der Waals surface area (Å²) >= 11 is 1.45. The van der Waals surface area contributed by atoms with Crippen LogP contribution in [0.3, 0.4) is 0 Å². The van der Waals surface area contributed by atoms with Crippen molar-refractivity contribution in [2.24, 2.45) is 5.73 Å². The van der Waals surface area contributed by atoms with Gasteiger partial charge in [-0.05, 0) is 41.5 Å². The Morgan fingerprint density at radius 2 is 1.81 bits per heavy atom. The molecule has 2 rings (SSSR count). The molecule has 0 aliphatic rings. The van der Waals surface area contributed by atoms with Crippen LogP contribution in [0.15, 0.2) is 52.3 Å². The quantitative estimate of drug-likeness (QED) is 0.859. The van der Waals surface area contributed by atoms with Gasteiger partial charge in [0.2, 0.25) is 0 Å². The molecule has 112 valence electrons. The Morgan fingerprint density at radius 1 is 1.14 bits per heavy atom. The molecule has 0 unspecified atom stereocenters. The lowest BCUT2D eigenvalue weighted by atomic mass is 10.1. The van der Waals surface area contributed by atoms with Gasteiger partial charge in [0.05, 0.1) is 4.90 Å². The summed E-state index contributed by atoms with van der Waals surface area (Å²) in [5, 5.41) is 0. The molecule has 2 N–H and O–H groups in total. The maximum atomic E-state index is 13.8. The summed E-state index contributed by atoms with van der Waals surface area (Å²) in [5.41, 5.74) is 6.83. The summed E-state index contributed by atoms with van der Waals surface area (Å²) in [6.07, 6.45) is 1.17. The van der Waals surface area contributed by atoms with Crippen LogP contribution in [0, 0.1) is 5.82 Å². The van der Waals surface area contributed by atoms with Crippen LogP contribution in [0.1, 0.15) is 11.1 Å². The minimum atomic E-state index is -3.18. The number of sulfone groups is 1. The minimum Gasteiger partial charge on any atom is -0.326 e. The Kier molecular flexibility index (Phi) is 5.03. The van der Waals surface area contributed by atoms with Crippen LogP contribution in [0.2, 0.25) is 0 Å². The van der Waals surface area contributed by atoms with Gasteiger partial charge in [-0.25, -0.2) is 12.8 Å². The van der Waals surface area contributed by atoms with E-state index in [4.69, 9.17) is 5.73 Å². The van der Waals surface area contributed by atoms with Gasteiger partial charge >= 0.3 is 0 Å². The van der Waals surface area contributed by atoms with Crippen LogP contribution in [0.25, 0.3) is 0 Å². The van der Waals surface area contributed by atoms with Gasteiger partial charge in [-0.1, -0.05) is 12.1 Å². The van der Waals surface area contributed by atoms with E-state index in [0.29, 0.717) is 17.9 Å². The molecule has 0 radical (unpaired) electrons. The third kappa shape index (κ3) is 4.30.